The van der Waals surface area contributed by atoms with Crippen molar-refractivity contribution in [2.75, 3.05) is 0 Å². The van der Waals surface area contributed by atoms with E-state index in [1.807, 2.05) is 44.2 Å². The van der Waals surface area contributed by atoms with E-state index >= 15 is 0 Å². The molecule has 7 heteroatoms. The van der Waals surface area contributed by atoms with Crippen LogP contribution in [0.5, 0.6) is 0 Å². The average Bonchev–Trinajstić information content (AvgIpc) is 3.00. The van der Waals surface area contributed by atoms with Crippen LogP contribution in [-0.4, -0.2) is 19.5 Å². The maximum Gasteiger partial charge on any atom is 0.303 e. The largest absolute Gasteiger partial charge is 0.350 e. The van der Waals surface area contributed by atoms with Crippen molar-refractivity contribution in [3.63, 3.8) is 0 Å². The van der Waals surface area contributed by atoms with Crippen molar-refractivity contribution in [1.82, 2.24) is 9.88 Å². The molecular weight excluding hydrogens is 388 g/mol. The van der Waals surface area contributed by atoms with Gasteiger partial charge in [0.05, 0.1) is 10.6 Å². The first-order valence-electron chi connectivity index (χ1n) is 9.03. The molecule has 0 aliphatic heterocycles. The zero-order chi connectivity index (χ0) is 21.2. The summed E-state index contributed by atoms with van der Waals surface area (Å²) >= 11 is 0. The van der Waals surface area contributed by atoms with Gasteiger partial charge in [0.2, 0.25) is 5.76 Å². The van der Waals surface area contributed by atoms with E-state index in [9.17, 15) is 13.2 Å². The van der Waals surface area contributed by atoms with E-state index in [4.69, 9.17) is 4.52 Å². The molecule has 0 unspecified atom stereocenters. The maximum absolute atomic E-state index is 12.9. The van der Waals surface area contributed by atoms with Crippen LogP contribution in [0.25, 0.3) is 17.2 Å². The number of nitrogens with zero attached hydrogens (tertiary/aromatic N) is 1. The average molecular weight is 410 g/mol. The predicted molar refractivity (Wildman–Crippen MR) is 112 cm³/mol. The Hall–Kier alpha value is -3.19. The molecule has 150 valence electrons. The third-order valence-electron chi connectivity index (χ3n) is 4.44. The molecule has 0 fully saturated rings. The van der Waals surface area contributed by atoms with Crippen molar-refractivity contribution in [3.05, 3.63) is 76.7 Å². The Balaban J connectivity index is 1.96. The zero-order valence-electron chi connectivity index (χ0n) is 16.7. The first-order valence-corrected chi connectivity index (χ1v) is 10.5. The molecule has 1 heterocycles. The van der Waals surface area contributed by atoms with Crippen LogP contribution in [0.1, 0.15) is 41.2 Å². The fourth-order valence-electron chi connectivity index (χ4n) is 2.88. The van der Waals surface area contributed by atoms with Crippen LogP contribution in [0.4, 0.5) is 0 Å². The molecule has 1 aromatic heterocycles. The molecule has 6 nitrogen and oxygen atoms in total. The van der Waals surface area contributed by atoms with Gasteiger partial charge in [-0.1, -0.05) is 59.3 Å². The summed E-state index contributed by atoms with van der Waals surface area (Å²) < 4.78 is 32.9. The Morgan fingerprint density at radius 1 is 1.03 bits per heavy atom. The topological polar surface area (TPSA) is 89.3 Å². The minimum absolute atomic E-state index is 0.0113. The number of aromatic nitrogens is 1. The number of nitrogens with one attached hydrogen (secondary N) is 1. The molecule has 3 rings (SSSR count). The van der Waals surface area contributed by atoms with E-state index < -0.39 is 15.9 Å². The zero-order valence-corrected chi connectivity index (χ0v) is 17.5. The van der Waals surface area contributed by atoms with Gasteiger partial charge in [-0.05, 0) is 44.9 Å². The highest BCUT2D eigenvalue weighted by molar-refractivity contribution is 7.90. The standard InChI is InChI=1S/C22H22N2O4S/c1-14(2)13-17-9-11-18(12-10-17)19-7-5-6-8-20(19)29(26,27)24-22(25)21-15(3)16(4)23-28-21/h5-13H,1-4H3,(H,24,25). The number of hydrogen-bond donors (Lipinski definition) is 1. The number of aryl methyl sites for hydroxylation is 1. The van der Waals surface area contributed by atoms with Crippen LogP contribution in [0.3, 0.4) is 0 Å². The van der Waals surface area contributed by atoms with Crippen molar-refractivity contribution < 1.29 is 17.7 Å². The van der Waals surface area contributed by atoms with E-state index in [-0.39, 0.29) is 10.7 Å². The molecular formula is C22H22N2O4S. The monoisotopic (exact) mass is 410 g/mol. The molecule has 29 heavy (non-hydrogen) atoms. The van der Waals surface area contributed by atoms with Crippen LogP contribution in [0, 0.1) is 13.8 Å². The fraction of sp³-hybridized carbons (Fsp3) is 0.182. The number of allylic oxidation sites excluding steroid dienone is 1. The molecule has 0 radical (unpaired) electrons. The number of rotatable bonds is 5. The van der Waals surface area contributed by atoms with Crippen molar-refractivity contribution in [1.29, 1.82) is 0 Å². The minimum atomic E-state index is -4.12. The molecule has 0 spiro atoms. The van der Waals surface area contributed by atoms with Crippen LogP contribution in [-0.2, 0) is 10.0 Å². The second kappa shape index (κ2) is 8.05. The van der Waals surface area contributed by atoms with E-state index in [1.165, 1.54) is 11.6 Å². The molecule has 0 saturated heterocycles. The summed E-state index contributed by atoms with van der Waals surface area (Å²) in [5.74, 6) is -0.966. The van der Waals surface area contributed by atoms with Crippen LogP contribution >= 0.6 is 0 Å². The second-order valence-electron chi connectivity index (χ2n) is 7.00. The smallest absolute Gasteiger partial charge is 0.303 e. The van der Waals surface area contributed by atoms with Crippen molar-refractivity contribution in [3.8, 4) is 11.1 Å². The van der Waals surface area contributed by atoms with Crippen molar-refractivity contribution in [2.24, 2.45) is 0 Å². The second-order valence-corrected chi connectivity index (χ2v) is 8.65. The summed E-state index contributed by atoms with van der Waals surface area (Å²) in [6.45, 7) is 7.35. The van der Waals surface area contributed by atoms with Crippen molar-refractivity contribution >= 4 is 22.0 Å². The van der Waals surface area contributed by atoms with Crippen molar-refractivity contribution in [2.45, 2.75) is 32.6 Å². The van der Waals surface area contributed by atoms with Crippen LogP contribution in [0.15, 0.2) is 63.5 Å². The normalized spacial score (nSPS) is 11.2. The number of amides is 1. The summed E-state index contributed by atoms with van der Waals surface area (Å²) in [5.41, 5.74) is 4.46. The SMILES string of the molecule is CC(C)=Cc1ccc(-c2ccccc2S(=O)(=O)NC(=O)c2onc(C)c2C)cc1. The third kappa shape index (κ3) is 4.46. The summed E-state index contributed by atoms with van der Waals surface area (Å²) in [6.07, 6.45) is 2.04. The van der Waals surface area contributed by atoms with Gasteiger partial charge in [-0.2, -0.15) is 0 Å². The van der Waals surface area contributed by atoms with E-state index in [2.05, 4.69) is 9.88 Å². The first kappa shape index (κ1) is 20.5. The van der Waals surface area contributed by atoms with E-state index in [0.29, 0.717) is 16.8 Å². The molecule has 0 aliphatic carbocycles. The lowest BCUT2D eigenvalue weighted by molar-refractivity contribution is 0.0944. The van der Waals surface area contributed by atoms with Crippen LogP contribution in [0.2, 0.25) is 0 Å². The molecule has 0 atom stereocenters. The Kier molecular flexibility index (Phi) is 5.70. The minimum Gasteiger partial charge on any atom is -0.350 e. The van der Waals surface area contributed by atoms with Gasteiger partial charge in [0, 0.05) is 11.1 Å². The highest BCUT2D eigenvalue weighted by Crippen LogP contribution is 2.28. The number of hydrogen-bond acceptors (Lipinski definition) is 5. The molecule has 0 bridgehead atoms. The van der Waals surface area contributed by atoms with Crippen LogP contribution < -0.4 is 4.72 Å². The fourth-order valence-corrected chi connectivity index (χ4v) is 4.06. The quantitative estimate of drug-likeness (QED) is 0.669. The highest BCUT2D eigenvalue weighted by atomic mass is 32.2. The summed E-state index contributed by atoms with van der Waals surface area (Å²) in [5, 5.41) is 3.70. The summed E-state index contributed by atoms with van der Waals surface area (Å²) in [4.78, 5) is 12.4. The molecule has 0 aliphatic rings. The molecule has 1 N–H and O–H groups in total. The van der Waals surface area contributed by atoms with Gasteiger partial charge in [0.1, 0.15) is 0 Å². The molecule has 2 aromatic carbocycles. The molecule has 1 amide bonds. The summed E-state index contributed by atoms with van der Waals surface area (Å²) in [6, 6.07) is 14.1. The van der Waals surface area contributed by atoms with E-state index in [1.54, 1.807) is 32.0 Å². The summed E-state index contributed by atoms with van der Waals surface area (Å²) in [7, 11) is -4.12. The van der Waals surface area contributed by atoms with Gasteiger partial charge in [-0.25, -0.2) is 13.1 Å². The number of benzene rings is 2. The van der Waals surface area contributed by atoms with Gasteiger partial charge in [-0.15, -0.1) is 0 Å². The van der Waals surface area contributed by atoms with Gasteiger partial charge in [0.25, 0.3) is 10.0 Å². The number of sulfonamides is 1. The number of carbonyl (C=O) groups excluding carboxylic acids is 1. The Morgan fingerprint density at radius 2 is 1.69 bits per heavy atom. The Labute approximate surface area is 170 Å². The van der Waals surface area contributed by atoms with Gasteiger partial charge in [-0.3, -0.25) is 4.79 Å². The van der Waals surface area contributed by atoms with Gasteiger partial charge >= 0.3 is 5.91 Å². The lowest BCUT2D eigenvalue weighted by atomic mass is 10.0. The predicted octanol–water partition coefficient (Wildman–Crippen LogP) is 4.50. The Bertz CT molecular complexity index is 1190. The maximum atomic E-state index is 12.9. The first-order chi connectivity index (χ1) is 13.7. The van der Waals surface area contributed by atoms with Gasteiger partial charge in [0.15, 0.2) is 0 Å². The lowest BCUT2D eigenvalue weighted by Gasteiger charge is -2.11. The molecule has 3 aromatic rings. The molecule has 0 saturated carbocycles. The highest BCUT2D eigenvalue weighted by Gasteiger charge is 2.26. The Morgan fingerprint density at radius 3 is 2.28 bits per heavy atom. The lowest BCUT2D eigenvalue weighted by Crippen LogP contribution is -2.31. The van der Waals surface area contributed by atoms with E-state index in [0.717, 1.165) is 11.1 Å². The third-order valence-corrected chi connectivity index (χ3v) is 5.83. The number of carbonyl (C=O) groups is 1. The van der Waals surface area contributed by atoms with Gasteiger partial charge < -0.3 is 4.52 Å².